The number of fused-ring (bicyclic) bond motifs is 1. The monoisotopic (exact) mass is 314 g/mol. The Labute approximate surface area is 139 Å². The molecule has 1 saturated heterocycles. The quantitative estimate of drug-likeness (QED) is 0.899. The van der Waals surface area contributed by atoms with E-state index in [2.05, 4.69) is 56.7 Å². The van der Waals surface area contributed by atoms with Gasteiger partial charge in [0.2, 0.25) is 0 Å². The minimum Gasteiger partial charge on any atom is -0.381 e. The van der Waals surface area contributed by atoms with Gasteiger partial charge in [-0.3, -0.25) is 0 Å². The van der Waals surface area contributed by atoms with Crippen LogP contribution in [0.3, 0.4) is 0 Å². The lowest BCUT2D eigenvalue weighted by Crippen LogP contribution is -2.15. The third kappa shape index (κ3) is 3.61. The number of nitrogens with zero attached hydrogens (tertiary/aromatic N) is 1. The molecule has 1 aromatic carbocycles. The first-order valence-corrected chi connectivity index (χ1v) is 8.81. The zero-order chi connectivity index (χ0) is 16.6. The van der Waals surface area contributed by atoms with E-state index in [0.717, 1.165) is 32.6 Å². The van der Waals surface area contributed by atoms with E-state index in [1.165, 1.54) is 22.0 Å². The Hall–Kier alpha value is -1.32. The number of nitrogens with two attached hydrogens (primary N) is 1. The Morgan fingerprint density at radius 1 is 1.26 bits per heavy atom. The van der Waals surface area contributed by atoms with Gasteiger partial charge in [-0.25, -0.2) is 0 Å². The number of rotatable bonds is 3. The first-order chi connectivity index (χ1) is 10.8. The van der Waals surface area contributed by atoms with Gasteiger partial charge in [0, 0.05) is 42.9 Å². The first kappa shape index (κ1) is 16.5. The van der Waals surface area contributed by atoms with Gasteiger partial charge in [-0.05, 0) is 48.3 Å². The van der Waals surface area contributed by atoms with Crippen molar-refractivity contribution in [2.45, 2.75) is 59.0 Å². The lowest BCUT2D eigenvalue weighted by atomic mass is 9.90. The molecule has 0 radical (unpaired) electrons. The summed E-state index contributed by atoms with van der Waals surface area (Å²) < 4.78 is 7.91. The molecule has 1 aliphatic rings. The summed E-state index contributed by atoms with van der Waals surface area (Å²) in [6.45, 7) is 11.7. The van der Waals surface area contributed by atoms with Gasteiger partial charge in [0.05, 0.1) is 0 Å². The molecule has 2 aromatic rings. The molecule has 0 bridgehead atoms. The normalized spacial score (nSPS) is 18.5. The fourth-order valence-corrected chi connectivity index (χ4v) is 3.63. The van der Waals surface area contributed by atoms with Crippen LogP contribution in [0.2, 0.25) is 0 Å². The average molecular weight is 314 g/mol. The van der Waals surface area contributed by atoms with Crippen LogP contribution >= 0.6 is 0 Å². The van der Waals surface area contributed by atoms with Gasteiger partial charge >= 0.3 is 0 Å². The Morgan fingerprint density at radius 3 is 2.57 bits per heavy atom. The minimum atomic E-state index is 0.0626. The largest absolute Gasteiger partial charge is 0.381 e. The van der Waals surface area contributed by atoms with Crippen molar-refractivity contribution in [2.75, 3.05) is 13.2 Å². The summed E-state index contributed by atoms with van der Waals surface area (Å²) in [5.41, 5.74) is 10.5. The maximum Gasteiger partial charge on any atom is 0.0486 e. The van der Waals surface area contributed by atoms with E-state index < -0.39 is 0 Å². The zero-order valence-corrected chi connectivity index (χ0v) is 14.9. The molecule has 0 aliphatic carbocycles. The van der Waals surface area contributed by atoms with Crippen LogP contribution in [0.25, 0.3) is 10.9 Å². The lowest BCUT2D eigenvalue weighted by molar-refractivity contribution is 0.0853. The van der Waals surface area contributed by atoms with E-state index in [-0.39, 0.29) is 11.5 Å². The topological polar surface area (TPSA) is 40.2 Å². The van der Waals surface area contributed by atoms with E-state index >= 15 is 0 Å². The molecular formula is C20H30N2O. The third-order valence-electron chi connectivity index (χ3n) is 4.77. The minimum absolute atomic E-state index is 0.0626. The molecule has 0 saturated carbocycles. The molecule has 3 nitrogen and oxygen atoms in total. The van der Waals surface area contributed by atoms with Gasteiger partial charge in [-0.15, -0.1) is 0 Å². The van der Waals surface area contributed by atoms with Crippen molar-refractivity contribution in [3.05, 3.63) is 35.5 Å². The summed E-state index contributed by atoms with van der Waals surface area (Å²) in [6, 6.07) is 7.03. The predicted molar refractivity (Wildman–Crippen MR) is 96.8 cm³/mol. The van der Waals surface area contributed by atoms with Crippen molar-refractivity contribution >= 4 is 10.9 Å². The molecule has 23 heavy (non-hydrogen) atoms. The fourth-order valence-electron chi connectivity index (χ4n) is 3.63. The molecule has 1 aromatic heterocycles. The smallest absolute Gasteiger partial charge is 0.0486 e. The van der Waals surface area contributed by atoms with Crippen LogP contribution in [0, 0.1) is 5.41 Å². The molecule has 2 N–H and O–H groups in total. The van der Waals surface area contributed by atoms with Crippen molar-refractivity contribution in [2.24, 2.45) is 11.1 Å². The van der Waals surface area contributed by atoms with Gasteiger partial charge in [0.25, 0.3) is 0 Å². The lowest BCUT2D eigenvalue weighted by Gasteiger charge is -2.23. The summed E-state index contributed by atoms with van der Waals surface area (Å²) in [5.74, 6) is 0.630. The number of hydrogen-bond acceptors (Lipinski definition) is 2. The van der Waals surface area contributed by atoms with Crippen molar-refractivity contribution in [3.8, 4) is 0 Å². The highest BCUT2D eigenvalue weighted by molar-refractivity contribution is 5.85. The maximum atomic E-state index is 6.21. The van der Waals surface area contributed by atoms with Crippen molar-refractivity contribution in [1.29, 1.82) is 0 Å². The number of benzene rings is 1. The van der Waals surface area contributed by atoms with Crippen LogP contribution in [0.4, 0.5) is 0 Å². The van der Waals surface area contributed by atoms with E-state index in [1.54, 1.807) is 0 Å². The van der Waals surface area contributed by atoms with Gasteiger partial charge in [-0.2, -0.15) is 0 Å². The van der Waals surface area contributed by atoms with E-state index in [9.17, 15) is 0 Å². The predicted octanol–water partition coefficient (Wildman–Crippen LogP) is 4.60. The molecule has 3 heteroatoms. The summed E-state index contributed by atoms with van der Waals surface area (Å²) in [7, 11) is 0. The van der Waals surface area contributed by atoms with Gasteiger partial charge in [0.1, 0.15) is 0 Å². The number of ether oxygens (including phenoxy) is 1. The maximum absolute atomic E-state index is 6.21. The highest BCUT2D eigenvalue weighted by Crippen LogP contribution is 2.33. The van der Waals surface area contributed by atoms with Crippen LogP contribution in [0.15, 0.2) is 24.4 Å². The van der Waals surface area contributed by atoms with Crippen LogP contribution in [-0.4, -0.2) is 17.8 Å². The van der Waals surface area contributed by atoms with E-state index in [0.29, 0.717) is 5.92 Å². The van der Waals surface area contributed by atoms with Gasteiger partial charge in [-0.1, -0.05) is 32.9 Å². The molecule has 1 fully saturated rings. The SMILES string of the molecule is C[C@@H](N)c1cn(CC(C)(C)C)c2cc(C3CCOCC3)ccc12. The van der Waals surface area contributed by atoms with Crippen LogP contribution in [0.5, 0.6) is 0 Å². The van der Waals surface area contributed by atoms with Gasteiger partial charge < -0.3 is 15.0 Å². The molecule has 0 unspecified atom stereocenters. The van der Waals surface area contributed by atoms with Crippen molar-refractivity contribution < 1.29 is 4.74 Å². The van der Waals surface area contributed by atoms with Gasteiger partial charge in [0.15, 0.2) is 0 Å². The highest BCUT2D eigenvalue weighted by Gasteiger charge is 2.20. The molecule has 0 spiro atoms. The summed E-state index contributed by atoms with van der Waals surface area (Å²) >= 11 is 0. The fraction of sp³-hybridized carbons (Fsp3) is 0.600. The van der Waals surface area contributed by atoms with Crippen LogP contribution < -0.4 is 5.73 Å². The molecule has 2 heterocycles. The third-order valence-corrected chi connectivity index (χ3v) is 4.77. The van der Waals surface area contributed by atoms with E-state index in [4.69, 9.17) is 10.5 Å². The highest BCUT2D eigenvalue weighted by atomic mass is 16.5. The summed E-state index contributed by atoms with van der Waals surface area (Å²) in [6.07, 6.45) is 4.52. The van der Waals surface area contributed by atoms with E-state index in [1.807, 2.05) is 0 Å². The summed E-state index contributed by atoms with van der Waals surface area (Å²) in [4.78, 5) is 0. The second-order valence-electron chi connectivity index (χ2n) is 8.22. The van der Waals surface area contributed by atoms with Crippen LogP contribution in [0.1, 0.15) is 63.6 Å². The Balaban J connectivity index is 2.05. The summed E-state index contributed by atoms with van der Waals surface area (Å²) in [5, 5.41) is 1.31. The number of aromatic nitrogens is 1. The second-order valence-corrected chi connectivity index (χ2v) is 8.22. The first-order valence-electron chi connectivity index (χ1n) is 8.81. The molecule has 0 amide bonds. The molecule has 1 atom stereocenters. The second kappa shape index (κ2) is 6.29. The molecule has 126 valence electrons. The Kier molecular flexibility index (Phi) is 4.52. The Morgan fingerprint density at radius 2 is 1.96 bits per heavy atom. The van der Waals surface area contributed by atoms with Crippen LogP contribution in [-0.2, 0) is 11.3 Å². The number of hydrogen-bond donors (Lipinski definition) is 1. The van der Waals surface area contributed by atoms with Crippen molar-refractivity contribution in [1.82, 2.24) is 4.57 Å². The zero-order valence-electron chi connectivity index (χ0n) is 14.9. The standard InChI is InChI=1S/C20H30N2O/c1-14(21)18-12-22(13-20(2,3)4)19-11-16(5-6-17(18)19)15-7-9-23-10-8-15/h5-6,11-12,14-15H,7-10,13,21H2,1-4H3/t14-/m1/s1. The average Bonchev–Trinajstić information content (AvgIpc) is 2.84. The Bertz CT molecular complexity index is 673. The van der Waals surface area contributed by atoms with Crippen molar-refractivity contribution in [3.63, 3.8) is 0 Å². The molecule has 3 rings (SSSR count). The molecular weight excluding hydrogens is 284 g/mol. The molecule has 1 aliphatic heterocycles.